The molecule has 0 aliphatic rings. The van der Waals surface area contributed by atoms with Crippen LogP contribution >= 0.6 is 23.2 Å². The SMILES string of the molecule is FC(F)c1nc(C(F)(F)F)c(CCl)cc1Cl. The number of pyridine rings is 1. The second-order valence-electron chi connectivity index (χ2n) is 2.80. The zero-order valence-corrected chi connectivity index (χ0v) is 8.97. The first-order valence-corrected chi connectivity index (χ1v) is 4.79. The fourth-order valence-corrected chi connectivity index (χ4v) is 1.50. The molecule has 0 radical (unpaired) electrons. The molecular weight excluding hydrogens is 276 g/mol. The highest BCUT2D eigenvalue weighted by Gasteiger charge is 2.36. The number of halogens is 7. The summed E-state index contributed by atoms with van der Waals surface area (Å²) in [5.41, 5.74) is -2.95. The lowest BCUT2D eigenvalue weighted by Gasteiger charge is -2.12. The average Bonchev–Trinajstić information content (AvgIpc) is 2.14. The van der Waals surface area contributed by atoms with E-state index in [4.69, 9.17) is 23.2 Å². The summed E-state index contributed by atoms with van der Waals surface area (Å²) in [5.74, 6) is -0.509. The van der Waals surface area contributed by atoms with Crippen molar-refractivity contribution in [1.82, 2.24) is 4.98 Å². The van der Waals surface area contributed by atoms with Gasteiger partial charge in [-0.05, 0) is 11.6 Å². The topological polar surface area (TPSA) is 12.9 Å². The van der Waals surface area contributed by atoms with Crippen molar-refractivity contribution in [3.8, 4) is 0 Å². The van der Waals surface area contributed by atoms with Crippen molar-refractivity contribution >= 4 is 23.2 Å². The van der Waals surface area contributed by atoms with E-state index in [2.05, 4.69) is 4.98 Å². The number of nitrogens with zero attached hydrogens (tertiary/aromatic N) is 1. The monoisotopic (exact) mass is 279 g/mol. The van der Waals surface area contributed by atoms with Gasteiger partial charge in [-0.1, -0.05) is 11.6 Å². The fraction of sp³-hybridized carbons (Fsp3) is 0.375. The van der Waals surface area contributed by atoms with Gasteiger partial charge in [-0.3, -0.25) is 0 Å². The number of hydrogen-bond acceptors (Lipinski definition) is 1. The van der Waals surface area contributed by atoms with Crippen molar-refractivity contribution in [3.63, 3.8) is 0 Å². The average molecular weight is 280 g/mol. The summed E-state index contributed by atoms with van der Waals surface area (Å²) >= 11 is 10.6. The van der Waals surface area contributed by atoms with Gasteiger partial charge < -0.3 is 0 Å². The molecule has 1 aromatic rings. The summed E-state index contributed by atoms with van der Waals surface area (Å²) < 4.78 is 61.8. The van der Waals surface area contributed by atoms with E-state index in [-0.39, 0.29) is 0 Å². The lowest BCUT2D eigenvalue weighted by molar-refractivity contribution is -0.142. The molecular formula is C8H4Cl2F5N. The first-order chi connectivity index (χ1) is 7.27. The van der Waals surface area contributed by atoms with E-state index in [0.717, 1.165) is 6.07 Å². The quantitative estimate of drug-likeness (QED) is 0.576. The number of alkyl halides is 6. The molecule has 0 saturated heterocycles. The van der Waals surface area contributed by atoms with Crippen LogP contribution in [0.1, 0.15) is 23.4 Å². The number of hydrogen-bond donors (Lipinski definition) is 0. The summed E-state index contributed by atoms with van der Waals surface area (Å²) in [6, 6.07) is 0.756. The van der Waals surface area contributed by atoms with Gasteiger partial charge in [0.05, 0.1) is 5.02 Å². The largest absolute Gasteiger partial charge is 0.433 e. The highest BCUT2D eigenvalue weighted by atomic mass is 35.5. The smallest absolute Gasteiger partial charge is 0.240 e. The Labute approximate surface area is 97.2 Å². The third-order valence-electron chi connectivity index (χ3n) is 1.70. The van der Waals surface area contributed by atoms with Crippen LogP contribution < -0.4 is 0 Å². The van der Waals surface area contributed by atoms with Crippen LogP contribution in [0.5, 0.6) is 0 Å². The number of rotatable bonds is 2. The molecule has 0 saturated carbocycles. The van der Waals surface area contributed by atoms with Crippen LogP contribution in [0, 0.1) is 0 Å². The van der Waals surface area contributed by atoms with Gasteiger partial charge in [-0.2, -0.15) is 13.2 Å². The van der Waals surface area contributed by atoms with Gasteiger partial charge >= 0.3 is 6.18 Å². The maximum absolute atomic E-state index is 12.4. The maximum atomic E-state index is 12.4. The standard InChI is InChI=1S/C8H4Cl2F5N/c9-2-3-1-4(10)5(7(11)12)16-6(3)8(13,14)15/h1,7H,2H2. The molecule has 0 aliphatic heterocycles. The molecule has 0 aromatic carbocycles. The molecule has 1 heterocycles. The predicted molar refractivity (Wildman–Crippen MR) is 48.8 cm³/mol. The fourth-order valence-electron chi connectivity index (χ4n) is 1.04. The first kappa shape index (κ1) is 13.4. The maximum Gasteiger partial charge on any atom is 0.433 e. The Morgan fingerprint density at radius 2 is 1.88 bits per heavy atom. The Morgan fingerprint density at radius 1 is 1.31 bits per heavy atom. The van der Waals surface area contributed by atoms with Crippen LogP contribution in [-0.4, -0.2) is 4.98 Å². The van der Waals surface area contributed by atoms with Gasteiger partial charge in [0, 0.05) is 5.88 Å². The minimum absolute atomic E-state index is 0.427. The van der Waals surface area contributed by atoms with Crippen LogP contribution in [0.2, 0.25) is 5.02 Å². The van der Waals surface area contributed by atoms with Crippen LogP contribution in [0.3, 0.4) is 0 Å². The van der Waals surface area contributed by atoms with E-state index in [1.165, 1.54) is 0 Å². The molecule has 90 valence electrons. The Bertz CT molecular complexity index is 391. The summed E-state index contributed by atoms with van der Waals surface area (Å²) in [6.07, 6.45) is -8.00. The van der Waals surface area contributed by atoms with Gasteiger partial charge in [0.15, 0.2) is 0 Å². The van der Waals surface area contributed by atoms with Crippen LogP contribution in [-0.2, 0) is 12.1 Å². The van der Waals surface area contributed by atoms with Gasteiger partial charge in [-0.25, -0.2) is 13.8 Å². The normalized spacial score (nSPS) is 12.2. The molecule has 0 spiro atoms. The Balaban J connectivity index is 3.41. The molecule has 0 unspecified atom stereocenters. The second kappa shape index (κ2) is 4.71. The molecule has 0 N–H and O–H groups in total. The van der Waals surface area contributed by atoms with Crippen LogP contribution in [0.4, 0.5) is 22.0 Å². The highest BCUT2D eigenvalue weighted by molar-refractivity contribution is 6.31. The zero-order valence-electron chi connectivity index (χ0n) is 7.45. The van der Waals surface area contributed by atoms with Crippen molar-refractivity contribution < 1.29 is 22.0 Å². The summed E-state index contributed by atoms with van der Waals surface area (Å²) in [5, 5.41) is -0.529. The molecule has 1 aromatic heterocycles. The molecule has 0 aliphatic carbocycles. The van der Waals surface area contributed by atoms with Gasteiger partial charge in [0.25, 0.3) is 6.43 Å². The van der Waals surface area contributed by atoms with Crippen LogP contribution in [0.15, 0.2) is 6.07 Å². The molecule has 0 bridgehead atoms. The van der Waals surface area contributed by atoms with Crippen molar-refractivity contribution in [1.29, 1.82) is 0 Å². The molecule has 0 atom stereocenters. The highest BCUT2D eigenvalue weighted by Crippen LogP contribution is 2.35. The molecule has 0 fully saturated rings. The molecule has 16 heavy (non-hydrogen) atoms. The van der Waals surface area contributed by atoms with Crippen molar-refractivity contribution in [2.45, 2.75) is 18.5 Å². The Hall–Kier alpha value is -0.620. The minimum Gasteiger partial charge on any atom is -0.240 e. The van der Waals surface area contributed by atoms with Gasteiger partial charge in [-0.15, -0.1) is 11.6 Å². The van der Waals surface area contributed by atoms with E-state index in [1.54, 1.807) is 0 Å². The zero-order chi connectivity index (χ0) is 12.5. The van der Waals surface area contributed by atoms with Gasteiger partial charge in [0.1, 0.15) is 11.4 Å². The summed E-state index contributed by atoms with van der Waals surface area (Å²) in [6.45, 7) is 0. The molecule has 8 heteroatoms. The van der Waals surface area contributed by atoms with Crippen LogP contribution in [0.25, 0.3) is 0 Å². The third-order valence-corrected chi connectivity index (χ3v) is 2.29. The predicted octanol–water partition coefficient (Wildman–Crippen LogP) is 4.43. The van der Waals surface area contributed by atoms with E-state index in [1.807, 2.05) is 0 Å². The van der Waals surface area contributed by atoms with E-state index in [0.29, 0.717) is 0 Å². The Morgan fingerprint density at radius 3 is 2.25 bits per heavy atom. The van der Waals surface area contributed by atoms with E-state index >= 15 is 0 Å². The van der Waals surface area contributed by atoms with E-state index < -0.39 is 40.5 Å². The van der Waals surface area contributed by atoms with Crippen molar-refractivity contribution in [2.75, 3.05) is 0 Å². The molecule has 0 amide bonds. The van der Waals surface area contributed by atoms with E-state index in [9.17, 15) is 22.0 Å². The Kier molecular flexibility index (Phi) is 3.96. The lowest BCUT2D eigenvalue weighted by atomic mass is 10.2. The lowest BCUT2D eigenvalue weighted by Crippen LogP contribution is -2.13. The second-order valence-corrected chi connectivity index (χ2v) is 3.47. The molecule has 1 nitrogen and oxygen atoms in total. The minimum atomic E-state index is -4.83. The van der Waals surface area contributed by atoms with Crippen molar-refractivity contribution in [3.05, 3.63) is 28.0 Å². The summed E-state index contributed by atoms with van der Waals surface area (Å²) in [4.78, 5) is 2.82. The third kappa shape index (κ3) is 2.74. The molecule has 1 rings (SSSR count). The number of aromatic nitrogens is 1. The summed E-state index contributed by atoms with van der Waals surface area (Å²) in [7, 11) is 0. The first-order valence-electron chi connectivity index (χ1n) is 3.88. The van der Waals surface area contributed by atoms with Gasteiger partial charge in [0.2, 0.25) is 0 Å². The van der Waals surface area contributed by atoms with Crippen molar-refractivity contribution in [2.24, 2.45) is 0 Å².